The first-order valence-corrected chi connectivity index (χ1v) is 6.13. The number of hydrogen-bond donors (Lipinski definition) is 4. The van der Waals surface area contributed by atoms with E-state index in [1.165, 1.54) is 0 Å². The van der Waals surface area contributed by atoms with Gasteiger partial charge in [0.25, 0.3) is 0 Å². The molecule has 0 rings (SSSR count). The first-order valence-electron chi connectivity index (χ1n) is 6.13. The maximum atomic E-state index is 9.34. The predicted molar refractivity (Wildman–Crippen MR) is 66.8 cm³/mol. The molecule has 2 radical (unpaired) electrons. The standard InChI is InChI=1S/4C3H6O3.2Co/c4*1-2(4)3(5)6;;/h4*2,4H,1H3,(H,5,6);;/q;;;;2*+2/p-4. The van der Waals surface area contributed by atoms with Crippen LogP contribution < -0.4 is 20.4 Å². The van der Waals surface area contributed by atoms with Crippen LogP contribution in [-0.2, 0) is 52.7 Å². The smallest absolute Gasteiger partial charge is 0.547 e. The van der Waals surface area contributed by atoms with Crippen molar-refractivity contribution in [3.05, 3.63) is 0 Å². The molecule has 4 N–H and O–H groups in total. The monoisotopic (exact) mass is 474 g/mol. The van der Waals surface area contributed by atoms with E-state index in [0.29, 0.717) is 0 Å². The van der Waals surface area contributed by atoms with E-state index in [1.54, 1.807) is 0 Å². The van der Waals surface area contributed by atoms with Crippen LogP contribution in [0.4, 0.5) is 0 Å². The third kappa shape index (κ3) is 49.5. The number of carbonyl (C=O) groups excluding carboxylic acids is 4. The van der Waals surface area contributed by atoms with E-state index in [-0.39, 0.29) is 33.6 Å². The van der Waals surface area contributed by atoms with E-state index in [4.69, 9.17) is 20.4 Å². The molecule has 4 atom stereocenters. The second-order valence-electron chi connectivity index (χ2n) is 3.98. The average Bonchev–Trinajstić information content (AvgIpc) is 2.40. The molecule has 0 spiro atoms. The maximum Gasteiger partial charge on any atom is 2.00 e. The maximum absolute atomic E-state index is 9.34. The summed E-state index contributed by atoms with van der Waals surface area (Å²) in [5, 5.41) is 69.2. The van der Waals surface area contributed by atoms with Gasteiger partial charge in [0, 0.05) is 0 Å². The Morgan fingerprint density at radius 3 is 0.538 bits per heavy atom. The van der Waals surface area contributed by atoms with Gasteiger partial charge in [-0.3, -0.25) is 0 Å². The molecular weight excluding hydrogens is 454 g/mol. The van der Waals surface area contributed by atoms with Crippen molar-refractivity contribution in [2.75, 3.05) is 0 Å². The van der Waals surface area contributed by atoms with E-state index in [1.807, 2.05) is 0 Å². The molecule has 0 saturated heterocycles. The van der Waals surface area contributed by atoms with Crippen molar-refractivity contribution in [2.24, 2.45) is 0 Å². The molecule has 0 amide bonds. The molecule has 12 nitrogen and oxygen atoms in total. The van der Waals surface area contributed by atoms with E-state index in [2.05, 4.69) is 0 Å². The molecule has 0 fully saturated rings. The minimum atomic E-state index is -1.44. The van der Waals surface area contributed by atoms with Crippen molar-refractivity contribution in [1.29, 1.82) is 0 Å². The molecule has 0 aromatic carbocycles. The summed E-state index contributed by atoms with van der Waals surface area (Å²) in [6.45, 7) is 4.54. The van der Waals surface area contributed by atoms with Crippen LogP contribution in [0.2, 0.25) is 0 Å². The zero-order valence-corrected chi connectivity index (χ0v) is 16.1. The molecule has 0 aliphatic rings. The Morgan fingerprint density at radius 2 is 0.538 bits per heavy atom. The average molecular weight is 474 g/mol. The van der Waals surface area contributed by atoms with Gasteiger partial charge in [-0.05, 0) is 27.7 Å². The van der Waals surface area contributed by atoms with Gasteiger partial charge in [0.15, 0.2) is 0 Å². The van der Waals surface area contributed by atoms with E-state index in [9.17, 15) is 39.6 Å². The number of aliphatic hydroxyl groups excluding tert-OH is 4. The van der Waals surface area contributed by atoms with Gasteiger partial charge in [0.2, 0.25) is 0 Å². The zero-order chi connectivity index (χ0) is 20.6. The van der Waals surface area contributed by atoms with Gasteiger partial charge in [-0.1, -0.05) is 0 Å². The summed E-state index contributed by atoms with van der Waals surface area (Å²) in [6, 6.07) is 0. The fourth-order valence-electron chi connectivity index (χ4n) is 0. The van der Waals surface area contributed by atoms with Gasteiger partial charge in [-0.15, -0.1) is 0 Å². The van der Waals surface area contributed by atoms with Crippen LogP contribution in [0.1, 0.15) is 27.7 Å². The zero-order valence-electron chi connectivity index (χ0n) is 14.0. The Kier molecular flexibility index (Phi) is 36.2. The molecule has 14 heteroatoms. The molecule has 0 aliphatic heterocycles. The molecule has 0 aromatic rings. The quantitative estimate of drug-likeness (QED) is 0.297. The Balaban J connectivity index is -0.0000000500. The van der Waals surface area contributed by atoms with E-state index >= 15 is 0 Å². The molecule has 26 heavy (non-hydrogen) atoms. The Labute approximate surface area is 169 Å². The summed E-state index contributed by atoms with van der Waals surface area (Å²) in [5.41, 5.74) is 0. The number of carboxylic acid groups (broad SMARTS) is 4. The number of rotatable bonds is 4. The van der Waals surface area contributed by atoms with Gasteiger partial charge in [-0.2, -0.15) is 0 Å². The summed E-state index contributed by atoms with van der Waals surface area (Å²) in [5.74, 6) is -5.74. The summed E-state index contributed by atoms with van der Waals surface area (Å²) >= 11 is 0. The minimum absolute atomic E-state index is 0. The van der Waals surface area contributed by atoms with E-state index in [0.717, 1.165) is 27.7 Å². The molecule has 0 bridgehead atoms. The van der Waals surface area contributed by atoms with Crippen molar-refractivity contribution >= 4 is 23.9 Å². The fraction of sp³-hybridized carbons (Fsp3) is 0.667. The van der Waals surface area contributed by atoms with Crippen molar-refractivity contribution in [1.82, 2.24) is 0 Å². The van der Waals surface area contributed by atoms with Gasteiger partial charge in [0.1, 0.15) is 0 Å². The number of carbonyl (C=O) groups is 4. The molecule has 0 saturated carbocycles. The van der Waals surface area contributed by atoms with Crippen molar-refractivity contribution in [2.45, 2.75) is 52.1 Å². The topological polar surface area (TPSA) is 241 Å². The van der Waals surface area contributed by atoms with Crippen molar-refractivity contribution in [3.8, 4) is 0 Å². The largest absolute Gasteiger partial charge is 2.00 e. The number of hydrogen-bond acceptors (Lipinski definition) is 12. The Hall–Kier alpha value is -1.27. The summed E-state index contributed by atoms with van der Waals surface area (Å²) < 4.78 is 0. The van der Waals surface area contributed by atoms with Crippen LogP contribution in [-0.4, -0.2) is 68.7 Å². The van der Waals surface area contributed by atoms with E-state index < -0.39 is 48.3 Å². The molecule has 0 aromatic heterocycles. The normalized spacial score (nSPS) is 12.6. The van der Waals surface area contributed by atoms with Crippen molar-refractivity contribution < 1.29 is 93.6 Å². The molecule has 4 unspecified atom stereocenters. The predicted octanol–water partition coefficient (Wildman–Crippen LogP) is -7.54. The second kappa shape index (κ2) is 23.7. The minimum Gasteiger partial charge on any atom is -0.547 e. The van der Waals surface area contributed by atoms with Crippen molar-refractivity contribution in [3.63, 3.8) is 0 Å². The third-order valence-electron chi connectivity index (χ3n) is 1.36. The number of aliphatic hydroxyl groups is 4. The fourth-order valence-corrected chi connectivity index (χ4v) is 0. The third-order valence-corrected chi connectivity index (χ3v) is 1.36. The van der Waals surface area contributed by atoms with Gasteiger partial charge < -0.3 is 60.0 Å². The first kappa shape index (κ1) is 39.7. The Bertz CT molecular complexity index is 310. The van der Waals surface area contributed by atoms with Crippen LogP contribution in [0.25, 0.3) is 0 Å². The van der Waals surface area contributed by atoms with Crippen LogP contribution in [0.5, 0.6) is 0 Å². The number of aliphatic carboxylic acids is 4. The first-order chi connectivity index (χ1) is 10.6. The van der Waals surface area contributed by atoms with Crippen LogP contribution in [0.3, 0.4) is 0 Å². The van der Waals surface area contributed by atoms with Gasteiger partial charge >= 0.3 is 33.6 Å². The summed E-state index contributed by atoms with van der Waals surface area (Å²) in [4.78, 5) is 37.4. The Morgan fingerprint density at radius 1 is 0.500 bits per heavy atom. The van der Waals surface area contributed by atoms with Crippen LogP contribution >= 0.6 is 0 Å². The van der Waals surface area contributed by atoms with Crippen LogP contribution in [0.15, 0.2) is 0 Å². The van der Waals surface area contributed by atoms with Crippen LogP contribution in [0, 0.1) is 0 Å². The summed E-state index contributed by atoms with van der Waals surface area (Å²) in [7, 11) is 0. The molecular formula is C12H20Co2O12. The molecule has 158 valence electrons. The van der Waals surface area contributed by atoms with Gasteiger partial charge in [-0.25, -0.2) is 0 Å². The number of carboxylic acids is 4. The second-order valence-corrected chi connectivity index (χ2v) is 3.98. The SMILES string of the molecule is CC(O)C(=O)[O-].CC(O)C(=O)[O-].CC(O)C(=O)[O-].CC(O)C(=O)[O-].[Co+2].[Co+2]. The van der Waals surface area contributed by atoms with Gasteiger partial charge in [0.05, 0.1) is 48.3 Å². The molecule has 0 heterocycles. The molecule has 0 aliphatic carbocycles. The summed E-state index contributed by atoms with van der Waals surface area (Å²) in [6.07, 6.45) is -5.37.